The van der Waals surface area contributed by atoms with Crippen LogP contribution in [-0.2, 0) is 11.0 Å². The Balaban J connectivity index is 1.68. The normalized spacial score (nSPS) is 11.2. The fraction of sp³-hybridized carbons (Fsp3) is 0.250. The minimum Gasteiger partial charge on any atom is -0.493 e. The van der Waals surface area contributed by atoms with Gasteiger partial charge in [-0.2, -0.15) is 13.2 Å². The maximum absolute atomic E-state index is 13.0. The highest BCUT2D eigenvalue weighted by molar-refractivity contribution is 7.99. The summed E-state index contributed by atoms with van der Waals surface area (Å²) in [4.78, 5) is 12.2. The van der Waals surface area contributed by atoms with Gasteiger partial charge in [0.2, 0.25) is 17.5 Å². The molecule has 0 saturated carbocycles. The van der Waals surface area contributed by atoms with E-state index in [1.807, 2.05) is 0 Å². The first-order valence-corrected chi connectivity index (χ1v) is 10.5. The topological polar surface area (TPSA) is 95.7 Å². The molecule has 0 aliphatic carbocycles. The molecule has 1 heterocycles. The van der Waals surface area contributed by atoms with E-state index in [1.165, 1.54) is 27.4 Å². The average Bonchev–Trinajstić information content (AvgIpc) is 3.26. The molecular weight excluding hydrogens is 487 g/mol. The summed E-state index contributed by atoms with van der Waals surface area (Å²) in [6, 6.07) is 6.34. The van der Waals surface area contributed by atoms with Gasteiger partial charge in [0.25, 0.3) is 5.22 Å². The Morgan fingerprint density at radius 2 is 1.76 bits per heavy atom. The van der Waals surface area contributed by atoms with Crippen LogP contribution in [-0.4, -0.2) is 43.2 Å². The SMILES string of the molecule is COc1cc(-c2nnc(SCC(=O)Nc3ccc(Cl)c(C(F)(F)F)c3)o2)cc(OC)c1OC. The molecule has 3 rings (SSSR count). The molecule has 176 valence electrons. The van der Waals surface area contributed by atoms with Crippen LogP contribution in [0.3, 0.4) is 0 Å². The molecule has 13 heteroatoms. The summed E-state index contributed by atoms with van der Waals surface area (Å²) in [5, 5.41) is 9.82. The van der Waals surface area contributed by atoms with Gasteiger partial charge < -0.3 is 23.9 Å². The maximum atomic E-state index is 13.0. The molecule has 0 fully saturated rings. The van der Waals surface area contributed by atoms with Crippen LogP contribution in [0.5, 0.6) is 17.2 Å². The second kappa shape index (κ2) is 10.2. The van der Waals surface area contributed by atoms with Crippen molar-refractivity contribution < 1.29 is 36.6 Å². The van der Waals surface area contributed by atoms with Gasteiger partial charge in [-0.3, -0.25) is 4.79 Å². The number of thioether (sulfide) groups is 1. The number of ether oxygens (including phenoxy) is 3. The molecule has 2 aromatic carbocycles. The Morgan fingerprint density at radius 3 is 2.33 bits per heavy atom. The maximum Gasteiger partial charge on any atom is 0.417 e. The number of carbonyl (C=O) groups is 1. The Labute approximate surface area is 195 Å². The number of nitrogens with zero attached hydrogens (tertiary/aromatic N) is 2. The number of carbonyl (C=O) groups excluding carboxylic acids is 1. The number of amides is 1. The van der Waals surface area contributed by atoms with E-state index >= 15 is 0 Å². The zero-order valence-electron chi connectivity index (χ0n) is 17.4. The van der Waals surface area contributed by atoms with Gasteiger partial charge in [-0.1, -0.05) is 23.4 Å². The molecule has 0 spiro atoms. The molecule has 0 unspecified atom stereocenters. The average molecular weight is 504 g/mol. The first-order chi connectivity index (χ1) is 15.7. The number of anilines is 1. The predicted molar refractivity (Wildman–Crippen MR) is 115 cm³/mol. The third kappa shape index (κ3) is 5.82. The summed E-state index contributed by atoms with van der Waals surface area (Å²) in [5.41, 5.74) is -0.586. The lowest BCUT2D eigenvalue weighted by Gasteiger charge is -2.12. The second-order valence-electron chi connectivity index (χ2n) is 6.32. The number of alkyl halides is 3. The molecule has 8 nitrogen and oxygen atoms in total. The van der Waals surface area contributed by atoms with Crippen molar-refractivity contribution in [1.82, 2.24) is 10.2 Å². The van der Waals surface area contributed by atoms with Crippen LogP contribution in [0.2, 0.25) is 5.02 Å². The minimum atomic E-state index is -4.64. The number of hydrogen-bond acceptors (Lipinski definition) is 8. The molecule has 0 aliphatic rings. The molecule has 3 aromatic rings. The van der Waals surface area contributed by atoms with E-state index in [0.29, 0.717) is 22.8 Å². The molecular formula is C20H17ClF3N3O5S. The number of nitrogens with one attached hydrogen (secondary N) is 1. The fourth-order valence-electron chi connectivity index (χ4n) is 2.73. The van der Waals surface area contributed by atoms with Crippen molar-refractivity contribution in [2.24, 2.45) is 0 Å². The highest BCUT2D eigenvalue weighted by Crippen LogP contribution is 2.41. The quantitative estimate of drug-likeness (QED) is 0.421. The van der Waals surface area contributed by atoms with Crippen molar-refractivity contribution in [3.63, 3.8) is 0 Å². The summed E-state index contributed by atoms with van der Waals surface area (Å²) in [6.45, 7) is 0. The summed E-state index contributed by atoms with van der Waals surface area (Å²) in [6.07, 6.45) is -4.64. The third-order valence-corrected chi connectivity index (χ3v) is 5.35. The van der Waals surface area contributed by atoms with Crippen LogP contribution in [0.25, 0.3) is 11.5 Å². The zero-order chi connectivity index (χ0) is 24.2. The van der Waals surface area contributed by atoms with Crippen LogP contribution in [0.15, 0.2) is 40.0 Å². The van der Waals surface area contributed by atoms with Gasteiger partial charge in [-0.25, -0.2) is 0 Å². The number of methoxy groups -OCH3 is 3. The van der Waals surface area contributed by atoms with E-state index in [2.05, 4.69) is 15.5 Å². The Morgan fingerprint density at radius 1 is 1.09 bits per heavy atom. The number of halogens is 4. The standard InChI is InChI=1S/C20H17ClF3N3O5S/c1-29-14-6-10(7-15(30-2)17(14)31-3)18-26-27-19(32-18)33-9-16(28)25-11-4-5-13(21)12(8-11)20(22,23)24/h4-8H,9H2,1-3H3,(H,25,28). The molecule has 0 aliphatic heterocycles. The Hall–Kier alpha value is -3.12. The van der Waals surface area contributed by atoms with Crippen molar-refractivity contribution >= 4 is 35.0 Å². The molecule has 0 atom stereocenters. The van der Waals surface area contributed by atoms with Gasteiger partial charge >= 0.3 is 6.18 Å². The summed E-state index contributed by atoms with van der Waals surface area (Å²) in [7, 11) is 4.40. The molecule has 0 radical (unpaired) electrons. The lowest BCUT2D eigenvalue weighted by atomic mass is 10.2. The van der Waals surface area contributed by atoms with Crippen molar-refractivity contribution in [2.75, 3.05) is 32.4 Å². The minimum absolute atomic E-state index is 0.0408. The number of hydrogen-bond donors (Lipinski definition) is 1. The lowest BCUT2D eigenvalue weighted by Crippen LogP contribution is -2.15. The van der Waals surface area contributed by atoms with E-state index in [0.717, 1.165) is 23.9 Å². The van der Waals surface area contributed by atoms with Gasteiger partial charge in [-0.15, -0.1) is 10.2 Å². The fourth-order valence-corrected chi connectivity index (χ4v) is 3.52. The van der Waals surface area contributed by atoms with Gasteiger partial charge in [0, 0.05) is 11.3 Å². The van der Waals surface area contributed by atoms with Crippen LogP contribution in [0, 0.1) is 0 Å². The van der Waals surface area contributed by atoms with Gasteiger partial charge in [-0.05, 0) is 30.3 Å². The van der Waals surface area contributed by atoms with Gasteiger partial charge in [0.1, 0.15) is 0 Å². The van der Waals surface area contributed by atoms with E-state index in [-0.39, 0.29) is 22.6 Å². The molecule has 1 amide bonds. The summed E-state index contributed by atoms with van der Waals surface area (Å²) in [5.74, 6) is 0.568. The number of benzene rings is 2. The van der Waals surface area contributed by atoms with Crippen molar-refractivity contribution in [1.29, 1.82) is 0 Å². The second-order valence-corrected chi connectivity index (χ2v) is 7.65. The van der Waals surface area contributed by atoms with E-state index in [1.54, 1.807) is 12.1 Å². The summed E-state index contributed by atoms with van der Waals surface area (Å²) < 4.78 is 60.3. The van der Waals surface area contributed by atoms with E-state index < -0.39 is 22.7 Å². The molecule has 0 saturated heterocycles. The predicted octanol–water partition coefficient (Wildman–Crippen LogP) is 5.17. The number of aromatic nitrogens is 2. The van der Waals surface area contributed by atoms with Crippen molar-refractivity contribution in [3.05, 3.63) is 40.9 Å². The highest BCUT2D eigenvalue weighted by Gasteiger charge is 2.33. The van der Waals surface area contributed by atoms with Crippen LogP contribution in [0.4, 0.5) is 18.9 Å². The molecule has 1 aromatic heterocycles. The van der Waals surface area contributed by atoms with E-state index in [9.17, 15) is 18.0 Å². The van der Waals surface area contributed by atoms with Crippen LogP contribution in [0.1, 0.15) is 5.56 Å². The van der Waals surface area contributed by atoms with Gasteiger partial charge in [0.05, 0.1) is 37.7 Å². The Bertz CT molecular complexity index is 1130. The third-order valence-electron chi connectivity index (χ3n) is 4.20. The largest absolute Gasteiger partial charge is 0.493 e. The molecule has 1 N–H and O–H groups in total. The lowest BCUT2D eigenvalue weighted by molar-refractivity contribution is -0.137. The first kappa shape index (κ1) is 24.5. The summed E-state index contributed by atoms with van der Waals surface area (Å²) >= 11 is 6.50. The van der Waals surface area contributed by atoms with Crippen molar-refractivity contribution in [2.45, 2.75) is 11.4 Å². The van der Waals surface area contributed by atoms with Crippen molar-refractivity contribution in [3.8, 4) is 28.7 Å². The monoisotopic (exact) mass is 503 g/mol. The van der Waals surface area contributed by atoms with Crippen LogP contribution < -0.4 is 19.5 Å². The number of rotatable bonds is 8. The molecule has 33 heavy (non-hydrogen) atoms. The highest BCUT2D eigenvalue weighted by atomic mass is 35.5. The molecule has 0 bridgehead atoms. The zero-order valence-corrected chi connectivity index (χ0v) is 19.0. The first-order valence-electron chi connectivity index (χ1n) is 9.09. The Kier molecular flexibility index (Phi) is 7.59. The van der Waals surface area contributed by atoms with Crippen LogP contribution >= 0.6 is 23.4 Å². The smallest absolute Gasteiger partial charge is 0.417 e. The van der Waals surface area contributed by atoms with Gasteiger partial charge in [0.15, 0.2) is 11.5 Å². The van der Waals surface area contributed by atoms with E-state index in [4.69, 9.17) is 30.2 Å².